The number of aromatic nitrogens is 5. The average molecular weight is 479 g/mol. The van der Waals surface area contributed by atoms with Crippen molar-refractivity contribution in [2.75, 3.05) is 6.61 Å². The van der Waals surface area contributed by atoms with E-state index >= 15 is 0 Å². The van der Waals surface area contributed by atoms with Crippen molar-refractivity contribution in [2.24, 2.45) is 5.92 Å². The van der Waals surface area contributed by atoms with Crippen LogP contribution in [-0.2, 0) is 17.8 Å². The largest absolute Gasteiger partial charge is 0.376 e. The number of hydrogen-bond acceptors (Lipinski definition) is 6. The molecular weight excluding hydrogens is 440 g/mol. The molecular formula is C27H38N6O2. The Morgan fingerprint density at radius 1 is 1.11 bits per heavy atom. The van der Waals surface area contributed by atoms with Crippen LogP contribution in [0, 0.1) is 19.8 Å². The lowest BCUT2D eigenvalue weighted by Gasteiger charge is -2.38. The summed E-state index contributed by atoms with van der Waals surface area (Å²) >= 11 is 0. The molecule has 1 saturated heterocycles. The Kier molecular flexibility index (Phi) is 7.02. The number of aryl methyl sites for hydroxylation is 2. The summed E-state index contributed by atoms with van der Waals surface area (Å²) in [5, 5.41) is 14.0. The topological polar surface area (TPSA) is 88.9 Å². The fourth-order valence-electron chi connectivity index (χ4n) is 5.89. The van der Waals surface area contributed by atoms with Gasteiger partial charge in [0.15, 0.2) is 5.82 Å². The van der Waals surface area contributed by atoms with Crippen molar-refractivity contribution in [3.63, 3.8) is 0 Å². The van der Waals surface area contributed by atoms with Crippen molar-refractivity contribution in [2.45, 2.75) is 97.5 Å². The highest BCUT2D eigenvalue weighted by atomic mass is 16.5. The highest BCUT2D eigenvalue weighted by Crippen LogP contribution is 2.36. The Hall–Kier alpha value is -2.58. The molecule has 5 rings (SSSR count). The van der Waals surface area contributed by atoms with E-state index in [1.807, 2.05) is 4.68 Å². The Bertz CT molecular complexity index is 1220. The van der Waals surface area contributed by atoms with Crippen molar-refractivity contribution >= 4 is 10.9 Å². The van der Waals surface area contributed by atoms with Crippen molar-refractivity contribution < 1.29 is 4.74 Å². The maximum atomic E-state index is 13.2. The molecule has 8 nitrogen and oxygen atoms in total. The molecule has 2 fully saturated rings. The smallest absolute Gasteiger partial charge is 0.252 e. The standard InChI is InChI=1S/C27H38N6O2/c1-17(2)25(26-29-30-31-33(26)16-23-10-7-11-35-23)32(22-8-5-6-9-22)15-21-14-20-12-18(3)19(4)13-24(20)28-27(21)34/h12-14,17,22-23,25H,5-11,15-16H2,1-4H3,(H,28,34)/t23-,25-/m0/s1. The molecule has 3 aromatic rings. The molecule has 8 heteroatoms. The molecule has 1 N–H and O–H groups in total. The molecule has 0 spiro atoms. The SMILES string of the molecule is Cc1cc2cc(CN(C3CCCC3)[C@H](c3nnnn3C[C@@H]3CCCO3)C(C)C)c(=O)[nH]c2cc1C. The lowest BCUT2D eigenvalue weighted by Crippen LogP contribution is -2.41. The number of nitrogens with zero attached hydrogens (tertiary/aromatic N) is 5. The van der Waals surface area contributed by atoms with Gasteiger partial charge in [-0.1, -0.05) is 26.7 Å². The lowest BCUT2D eigenvalue weighted by atomic mass is 9.97. The van der Waals surface area contributed by atoms with E-state index in [0.29, 0.717) is 19.1 Å². The van der Waals surface area contributed by atoms with Crippen LogP contribution >= 0.6 is 0 Å². The summed E-state index contributed by atoms with van der Waals surface area (Å²) in [5.41, 5.74) is 4.11. The van der Waals surface area contributed by atoms with Crippen molar-refractivity contribution in [1.82, 2.24) is 30.1 Å². The number of tetrazole rings is 1. The number of benzene rings is 1. The second kappa shape index (κ2) is 10.2. The van der Waals surface area contributed by atoms with E-state index in [2.05, 4.69) is 71.3 Å². The van der Waals surface area contributed by atoms with Gasteiger partial charge in [0.2, 0.25) is 0 Å². The third-order valence-electron chi connectivity index (χ3n) is 7.90. The molecule has 3 heterocycles. The maximum absolute atomic E-state index is 13.2. The summed E-state index contributed by atoms with van der Waals surface area (Å²) in [6, 6.07) is 6.75. The zero-order chi connectivity index (χ0) is 24.5. The first kappa shape index (κ1) is 24.1. The normalized spacial score (nSPS) is 20.0. The number of pyridine rings is 1. The Balaban J connectivity index is 1.51. The second-order valence-electron chi connectivity index (χ2n) is 10.8. The number of hydrogen-bond donors (Lipinski definition) is 1. The summed E-state index contributed by atoms with van der Waals surface area (Å²) in [7, 11) is 0. The van der Waals surface area contributed by atoms with Gasteiger partial charge in [-0.3, -0.25) is 9.69 Å². The van der Waals surface area contributed by atoms with Crippen LogP contribution in [0.2, 0.25) is 0 Å². The van der Waals surface area contributed by atoms with E-state index in [9.17, 15) is 4.79 Å². The van der Waals surface area contributed by atoms with E-state index in [-0.39, 0.29) is 23.6 Å². The molecule has 188 valence electrons. The summed E-state index contributed by atoms with van der Waals surface area (Å²) in [6.45, 7) is 10.7. The van der Waals surface area contributed by atoms with Crippen molar-refractivity contribution in [3.05, 3.63) is 51.1 Å². The number of ether oxygens (including phenoxy) is 1. The minimum Gasteiger partial charge on any atom is -0.376 e. The molecule has 1 aliphatic heterocycles. The van der Waals surface area contributed by atoms with Gasteiger partial charge in [0.1, 0.15) is 0 Å². The Morgan fingerprint density at radius 2 is 1.89 bits per heavy atom. The third kappa shape index (κ3) is 5.05. The van der Waals surface area contributed by atoms with Gasteiger partial charge < -0.3 is 9.72 Å². The monoisotopic (exact) mass is 478 g/mol. The zero-order valence-corrected chi connectivity index (χ0v) is 21.5. The molecule has 1 saturated carbocycles. The zero-order valence-electron chi connectivity index (χ0n) is 21.5. The van der Waals surface area contributed by atoms with Gasteiger partial charge in [0, 0.05) is 30.3 Å². The number of rotatable bonds is 8. The highest BCUT2D eigenvalue weighted by molar-refractivity contribution is 5.80. The van der Waals surface area contributed by atoms with E-state index in [0.717, 1.165) is 54.6 Å². The molecule has 1 aliphatic carbocycles. The molecule has 2 atom stereocenters. The first-order valence-corrected chi connectivity index (χ1v) is 13.2. The molecule has 2 aromatic heterocycles. The lowest BCUT2D eigenvalue weighted by molar-refractivity contribution is 0.0718. The van der Waals surface area contributed by atoms with Gasteiger partial charge in [0.25, 0.3) is 5.56 Å². The van der Waals surface area contributed by atoms with Crippen molar-refractivity contribution in [3.8, 4) is 0 Å². The number of H-pyrrole nitrogens is 1. The van der Waals surface area contributed by atoms with Crippen LogP contribution in [-0.4, -0.2) is 48.8 Å². The van der Waals surface area contributed by atoms with Crippen LogP contribution in [0.5, 0.6) is 0 Å². The van der Waals surface area contributed by atoms with E-state index in [1.165, 1.54) is 24.0 Å². The van der Waals surface area contributed by atoms with Gasteiger partial charge >= 0.3 is 0 Å². The first-order valence-electron chi connectivity index (χ1n) is 13.2. The molecule has 0 amide bonds. The molecule has 35 heavy (non-hydrogen) atoms. The fraction of sp³-hybridized carbons (Fsp3) is 0.630. The van der Waals surface area contributed by atoms with E-state index in [4.69, 9.17) is 4.74 Å². The van der Waals surface area contributed by atoms with Gasteiger partial charge in [-0.25, -0.2) is 4.68 Å². The molecule has 1 aromatic carbocycles. The fourth-order valence-corrected chi connectivity index (χ4v) is 5.89. The summed E-state index contributed by atoms with van der Waals surface area (Å²) in [6.07, 6.45) is 7.02. The molecule has 0 radical (unpaired) electrons. The summed E-state index contributed by atoms with van der Waals surface area (Å²) in [4.78, 5) is 18.9. The second-order valence-corrected chi connectivity index (χ2v) is 10.8. The third-order valence-corrected chi connectivity index (χ3v) is 7.90. The maximum Gasteiger partial charge on any atom is 0.252 e. The minimum absolute atomic E-state index is 0.00907. The molecule has 2 aliphatic rings. The van der Waals surface area contributed by atoms with Gasteiger partial charge in [-0.05, 0) is 90.6 Å². The van der Waals surface area contributed by atoms with Gasteiger partial charge in [-0.15, -0.1) is 5.10 Å². The van der Waals surface area contributed by atoms with Gasteiger partial charge in [-0.2, -0.15) is 0 Å². The highest BCUT2D eigenvalue weighted by Gasteiger charge is 2.36. The summed E-state index contributed by atoms with van der Waals surface area (Å²) in [5.74, 6) is 1.17. The van der Waals surface area contributed by atoms with Crippen LogP contribution in [0.4, 0.5) is 0 Å². The first-order chi connectivity index (χ1) is 16.9. The number of nitrogens with one attached hydrogen (secondary N) is 1. The van der Waals surface area contributed by atoms with Crippen LogP contribution in [0.25, 0.3) is 10.9 Å². The predicted molar refractivity (Wildman–Crippen MR) is 136 cm³/mol. The number of aromatic amines is 1. The van der Waals surface area contributed by atoms with Gasteiger partial charge in [0.05, 0.1) is 18.7 Å². The van der Waals surface area contributed by atoms with E-state index in [1.54, 1.807) is 0 Å². The van der Waals surface area contributed by atoms with E-state index < -0.39 is 0 Å². The number of fused-ring (bicyclic) bond motifs is 1. The molecule has 0 unspecified atom stereocenters. The van der Waals surface area contributed by atoms with Crippen LogP contribution in [0.15, 0.2) is 23.0 Å². The quantitative estimate of drug-likeness (QED) is 0.514. The molecule has 0 bridgehead atoms. The summed E-state index contributed by atoms with van der Waals surface area (Å²) < 4.78 is 7.82. The van der Waals surface area contributed by atoms with Crippen molar-refractivity contribution in [1.29, 1.82) is 0 Å². The minimum atomic E-state index is -0.00907. The Labute approximate surface area is 207 Å². The van der Waals surface area contributed by atoms with Crippen LogP contribution in [0.1, 0.15) is 80.9 Å². The van der Waals surface area contributed by atoms with Crippen LogP contribution < -0.4 is 5.56 Å². The Morgan fingerprint density at radius 3 is 2.60 bits per heavy atom. The van der Waals surface area contributed by atoms with Crippen LogP contribution in [0.3, 0.4) is 0 Å². The predicted octanol–water partition coefficient (Wildman–Crippen LogP) is 4.45. The average Bonchev–Trinajstić information content (AvgIpc) is 3.59.